The van der Waals surface area contributed by atoms with Gasteiger partial charge in [-0.25, -0.2) is 0 Å². The number of aliphatic hydroxyl groups excluding tert-OH is 1. The number of aliphatic hydroxyl groups is 1. The van der Waals surface area contributed by atoms with Crippen LogP contribution in [0.2, 0.25) is 0 Å². The third kappa shape index (κ3) is 15.3. The molecule has 1 aromatic carbocycles. The number of unbranched alkanes of at least 4 members (excludes halogenated alkanes) is 2. The van der Waals surface area contributed by atoms with Crippen LogP contribution in [0, 0.1) is 11.8 Å². The molecule has 0 fully saturated rings. The Balaban J connectivity index is 0.000000509. The number of hydrogen-bond acceptors (Lipinski definition) is 1. The molecule has 1 heteroatoms. The van der Waals surface area contributed by atoms with Gasteiger partial charge in [-0.2, -0.15) is 0 Å². The van der Waals surface area contributed by atoms with Crippen LogP contribution < -0.4 is 0 Å². The summed E-state index contributed by atoms with van der Waals surface area (Å²) in [5.41, 5.74) is 2.28. The van der Waals surface area contributed by atoms with E-state index in [1.54, 1.807) is 0 Å². The third-order valence-electron chi connectivity index (χ3n) is 5.39. The van der Waals surface area contributed by atoms with Crippen LogP contribution in [0.15, 0.2) is 66.3 Å². The lowest BCUT2D eigenvalue weighted by Crippen LogP contribution is -1.95. The van der Waals surface area contributed by atoms with Crippen LogP contribution >= 0.6 is 0 Å². The summed E-state index contributed by atoms with van der Waals surface area (Å²) in [7, 11) is 0. The molecule has 1 nitrogen and oxygen atoms in total. The second kappa shape index (κ2) is 19.4. The minimum atomic E-state index is 0.117. The predicted octanol–water partition coefficient (Wildman–Crippen LogP) is 8.87. The van der Waals surface area contributed by atoms with E-state index in [0.717, 1.165) is 23.8 Å². The summed E-state index contributed by atoms with van der Waals surface area (Å²) in [6.07, 6.45) is 19.7. The highest BCUT2D eigenvalue weighted by molar-refractivity contribution is 5.33. The third-order valence-corrected chi connectivity index (χ3v) is 5.39. The molecular formula is C29H48O. The second-order valence-electron chi connectivity index (χ2n) is 8.73. The van der Waals surface area contributed by atoms with Crippen molar-refractivity contribution < 1.29 is 5.11 Å². The Kier molecular flexibility index (Phi) is 18.3. The normalized spacial score (nSPS) is 19.2. The summed E-state index contributed by atoms with van der Waals surface area (Å²) in [6.45, 7) is 13.7. The van der Waals surface area contributed by atoms with Crippen molar-refractivity contribution in [1.29, 1.82) is 0 Å². The number of benzene rings is 1. The van der Waals surface area contributed by atoms with Gasteiger partial charge in [-0.1, -0.05) is 141 Å². The van der Waals surface area contributed by atoms with Crippen molar-refractivity contribution in [3.05, 3.63) is 71.8 Å². The SMILES string of the molecule is CCCCC.CC[C@H](C)CCC(C)C.OCC1=C/CC=CC(c2ccccc2)/C=C\1. The van der Waals surface area contributed by atoms with Crippen molar-refractivity contribution in [2.24, 2.45) is 11.8 Å². The first-order chi connectivity index (χ1) is 14.5. The van der Waals surface area contributed by atoms with Gasteiger partial charge in [-0.05, 0) is 29.4 Å². The quantitative estimate of drug-likeness (QED) is 0.423. The fourth-order valence-corrected chi connectivity index (χ4v) is 2.99. The van der Waals surface area contributed by atoms with Gasteiger partial charge >= 0.3 is 0 Å². The van der Waals surface area contributed by atoms with Crippen molar-refractivity contribution >= 4 is 0 Å². The summed E-state index contributed by atoms with van der Waals surface area (Å²) >= 11 is 0. The van der Waals surface area contributed by atoms with E-state index in [1.807, 2.05) is 18.2 Å². The molecule has 0 spiro atoms. The second-order valence-corrected chi connectivity index (χ2v) is 8.73. The number of rotatable bonds is 8. The maximum atomic E-state index is 9.12. The Bertz CT molecular complexity index is 578. The largest absolute Gasteiger partial charge is 0.392 e. The molecule has 0 radical (unpaired) electrons. The van der Waals surface area contributed by atoms with E-state index >= 15 is 0 Å². The molecule has 0 amide bonds. The molecule has 1 unspecified atom stereocenters. The van der Waals surface area contributed by atoms with Crippen LogP contribution in [0.1, 0.15) is 98.0 Å². The number of hydrogen-bond donors (Lipinski definition) is 1. The standard InChI is InChI=1S/C15H16O.C9H20.C5H12/c16-12-13-6-4-5-9-15(11-10-13)14-7-2-1-3-8-14;1-5-9(4)7-6-8(2)3;1-3-5-4-2/h1-3,5-11,15-16H,4,12H2;8-9H,5-7H2,1-4H3;3-5H2,1-2H3/b9-5?,11-10-,13-6+;;/t;9-;/m.0./s1. The van der Waals surface area contributed by atoms with Crippen LogP contribution in [-0.4, -0.2) is 11.7 Å². The molecule has 30 heavy (non-hydrogen) atoms. The smallest absolute Gasteiger partial charge is 0.0678 e. The van der Waals surface area contributed by atoms with E-state index in [2.05, 4.69) is 84.0 Å². The van der Waals surface area contributed by atoms with Gasteiger partial charge in [-0.15, -0.1) is 0 Å². The highest BCUT2D eigenvalue weighted by Crippen LogP contribution is 2.21. The Hall–Kier alpha value is -1.60. The van der Waals surface area contributed by atoms with Gasteiger partial charge in [0.25, 0.3) is 0 Å². The van der Waals surface area contributed by atoms with Crippen molar-refractivity contribution in [1.82, 2.24) is 0 Å². The molecule has 2 atom stereocenters. The summed E-state index contributed by atoms with van der Waals surface area (Å²) in [6, 6.07) is 10.4. The molecule has 0 aliphatic heterocycles. The summed E-state index contributed by atoms with van der Waals surface area (Å²) in [5, 5.41) is 9.12. The van der Waals surface area contributed by atoms with Crippen molar-refractivity contribution in [3.63, 3.8) is 0 Å². The molecule has 0 heterocycles. The Labute approximate surface area is 188 Å². The van der Waals surface area contributed by atoms with Crippen LogP contribution in [0.3, 0.4) is 0 Å². The van der Waals surface area contributed by atoms with E-state index < -0.39 is 0 Å². The lowest BCUT2D eigenvalue weighted by Gasteiger charge is -2.10. The fraction of sp³-hybridized carbons (Fsp3) is 0.586. The van der Waals surface area contributed by atoms with Gasteiger partial charge in [0.15, 0.2) is 0 Å². The lowest BCUT2D eigenvalue weighted by molar-refractivity contribution is 0.334. The zero-order valence-electron chi connectivity index (χ0n) is 20.6. The van der Waals surface area contributed by atoms with Crippen LogP contribution in [0.25, 0.3) is 0 Å². The van der Waals surface area contributed by atoms with Gasteiger partial charge in [0.1, 0.15) is 0 Å². The van der Waals surface area contributed by atoms with Gasteiger partial charge in [0, 0.05) is 5.92 Å². The molecule has 1 N–H and O–H groups in total. The van der Waals surface area contributed by atoms with E-state index in [1.165, 1.54) is 44.1 Å². The topological polar surface area (TPSA) is 20.2 Å². The molecule has 1 aromatic rings. The van der Waals surface area contributed by atoms with E-state index in [9.17, 15) is 0 Å². The molecule has 0 saturated carbocycles. The first kappa shape index (κ1) is 28.4. The molecule has 0 aromatic heterocycles. The van der Waals surface area contributed by atoms with Crippen LogP contribution in [-0.2, 0) is 0 Å². The highest BCUT2D eigenvalue weighted by atomic mass is 16.3. The van der Waals surface area contributed by atoms with E-state index in [4.69, 9.17) is 5.11 Å². The molecule has 2 rings (SSSR count). The summed E-state index contributed by atoms with van der Waals surface area (Å²) < 4.78 is 0. The van der Waals surface area contributed by atoms with Crippen molar-refractivity contribution in [2.75, 3.05) is 6.61 Å². The van der Waals surface area contributed by atoms with E-state index in [0.29, 0.717) is 5.92 Å². The first-order valence-electron chi connectivity index (χ1n) is 12.2. The monoisotopic (exact) mass is 412 g/mol. The lowest BCUT2D eigenvalue weighted by atomic mass is 9.95. The molecule has 1 aliphatic rings. The minimum absolute atomic E-state index is 0.117. The van der Waals surface area contributed by atoms with Crippen LogP contribution in [0.4, 0.5) is 0 Å². The fourth-order valence-electron chi connectivity index (χ4n) is 2.99. The van der Waals surface area contributed by atoms with Crippen molar-refractivity contribution in [2.45, 2.75) is 92.4 Å². The Morgan fingerprint density at radius 2 is 1.60 bits per heavy atom. The number of allylic oxidation sites excluding steroid dienone is 4. The molecule has 0 saturated heterocycles. The molecule has 170 valence electrons. The Morgan fingerprint density at radius 1 is 0.933 bits per heavy atom. The predicted molar refractivity (Wildman–Crippen MR) is 136 cm³/mol. The zero-order chi connectivity index (χ0) is 22.6. The molecular weight excluding hydrogens is 364 g/mol. The molecule has 1 aliphatic carbocycles. The van der Waals surface area contributed by atoms with Gasteiger partial charge in [0.05, 0.1) is 6.61 Å². The summed E-state index contributed by atoms with van der Waals surface area (Å²) in [4.78, 5) is 0. The van der Waals surface area contributed by atoms with Gasteiger partial charge in [-0.3, -0.25) is 0 Å². The first-order valence-corrected chi connectivity index (χ1v) is 12.2. The van der Waals surface area contributed by atoms with Gasteiger partial charge < -0.3 is 5.11 Å². The highest BCUT2D eigenvalue weighted by Gasteiger charge is 2.04. The summed E-state index contributed by atoms with van der Waals surface area (Å²) in [5.74, 6) is 2.14. The average molecular weight is 413 g/mol. The van der Waals surface area contributed by atoms with Crippen LogP contribution in [0.5, 0.6) is 0 Å². The zero-order valence-corrected chi connectivity index (χ0v) is 20.6. The van der Waals surface area contributed by atoms with Gasteiger partial charge in [0.2, 0.25) is 0 Å². The Morgan fingerprint density at radius 3 is 2.10 bits per heavy atom. The van der Waals surface area contributed by atoms with E-state index in [-0.39, 0.29) is 6.61 Å². The molecule has 0 bridgehead atoms. The van der Waals surface area contributed by atoms with Crippen molar-refractivity contribution in [3.8, 4) is 0 Å². The maximum Gasteiger partial charge on any atom is 0.0678 e. The average Bonchev–Trinajstić information content (AvgIpc) is 2.74. The minimum Gasteiger partial charge on any atom is -0.392 e. The maximum absolute atomic E-state index is 9.12.